The topological polar surface area (TPSA) is 70.2 Å². The molecule has 3 N–H and O–H groups in total. The van der Waals surface area contributed by atoms with Crippen LogP contribution in [0.15, 0.2) is 66.0 Å². The average Bonchev–Trinajstić information content (AvgIpc) is 3.15. The van der Waals surface area contributed by atoms with Crippen LogP contribution in [0.1, 0.15) is 15.2 Å². The van der Waals surface area contributed by atoms with E-state index >= 15 is 0 Å². The first-order chi connectivity index (χ1) is 12.6. The maximum absolute atomic E-state index is 12.4. The van der Waals surface area contributed by atoms with Crippen LogP contribution in [0.5, 0.6) is 0 Å². The third-order valence-corrected chi connectivity index (χ3v) is 4.63. The van der Waals surface area contributed by atoms with Gasteiger partial charge in [-0.15, -0.1) is 11.3 Å². The van der Waals surface area contributed by atoms with Gasteiger partial charge >= 0.3 is 6.03 Å². The second kappa shape index (κ2) is 8.51. The molecule has 0 aliphatic carbocycles. The predicted octanol–water partition coefficient (Wildman–Crippen LogP) is 4.98. The molecule has 0 fully saturated rings. The highest BCUT2D eigenvalue weighted by Crippen LogP contribution is 2.22. The van der Waals surface area contributed by atoms with Gasteiger partial charge in [-0.1, -0.05) is 35.9 Å². The number of carbonyl (C=O) groups is 2. The van der Waals surface area contributed by atoms with E-state index < -0.39 is 0 Å². The Morgan fingerprint density at radius 3 is 2.38 bits per heavy atom. The van der Waals surface area contributed by atoms with E-state index in [1.54, 1.807) is 59.9 Å². The summed E-state index contributed by atoms with van der Waals surface area (Å²) < 4.78 is 0. The number of benzene rings is 2. The fourth-order valence-corrected chi connectivity index (χ4v) is 3.11. The Balaban J connectivity index is 1.65. The van der Waals surface area contributed by atoms with Crippen LogP contribution in [-0.2, 0) is 6.54 Å². The molecule has 3 rings (SSSR count). The summed E-state index contributed by atoms with van der Waals surface area (Å²) in [6.07, 6.45) is 0. The first-order valence-corrected chi connectivity index (χ1v) is 9.11. The molecule has 26 heavy (non-hydrogen) atoms. The molecule has 0 aliphatic rings. The van der Waals surface area contributed by atoms with Crippen LogP contribution in [0.25, 0.3) is 0 Å². The van der Waals surface area contributed by atoms with E-state index in [2.05, 4.69) is 16.0 Å². The van der Waals surface area contributed by atoms with Gasteiger partial charge in [0.1, 0.15) is 0 Å². The highest BCUT2D eigenvalue weighted by atomic mass is 35.5. The summed E-state index contributed by atoms with van der Waals surface area (Å²) in [5, 5.41) is 10.8. The number of hydrogen-bond acceptors (Lipinski definition) is 3. The van der Waals surface area contributed by atoms with Crippen LogP contribution < -0.4 is 16.0 Å². The van der Waals surface area contributed by atoms with Crippen LogP contribution in [0.4, 0.5) is 16.2 Å². The zero-order valence-corrected chi connectivity index (χ0v) is 15.2. The van der Waals surface area contributed by atoms with Crippen molar-refractivity contribution < 1.29 is 9.59 Å². The zero-order valence-electron chi connectivity index (χ0n) is 13.7. The van der Waals surface area contributed by atoms with Crippen molar-refractivity contribution >= 4 is 46.3 Å². The Labute approximate surface area is 160 Å². The maximum Gasteiger partial charge on any atom is 0.319 e. The summed E-state index contributed by atoms with van der Waals surface area (Å²) in [5.41, 5.74) is 1.45. The highest BCUT2D eigenvalue weighted by molar-refractivity contribution is 7.09. The second-order valence-electron chi connectivity index (χ2n) is 5.40. The van der Waals surface area contributed by atoms with E-state index in [0.717, 1.165) is 4.88 Å². The van der Waals surface area contributed by atoms with E-state index in [1.807, 2.05) is 17.5 Å². The standard InChI is InChI=1S/C19H16ClN3O2S/c20-14-6-3-5-13(11-14)18(24)22-16-8-1-2-9-17(16)23-19(25)21-12-15-7-4-10-26-15/h1-11H,12H2,(H,22,24)(H2,21,23,25). The van der Waals surface area contributed by atoms with Crippen LogP contribution in [0.3, 0.4) is 0 Å². The molecule has 0 unspecified atom stereocenters. The first-order valence-electron chi connectivity index (χ1n) is 7.85. The molecule has 7 heteroatoms. The lowest BCUT2D eigenvalue weighted by molar-refractivity contribution is 0.102. The molecule has 2 aromatic carbocycles. The van der Waals surface area contributed by atoms with Crippen LogP contribution in [0, 0.1) is 0 Å². The van der Waals surface area contributed by atoms with E-state index in [-0.39, 0.29) is 11.9 Å². The average molecular weight is 386 g/mol. The number of thiophene rings is 1. The molecule has 1 heterocycles. The summed E-state index contributed by atoms with van der Waals surface area (Å²) in [5.74, 6) is -0.305. The molecular formula is C19H16ClN3O2S. The molecule has 0 spiro atoms. The lowest BCUT2D eigenvalue weighted by atomic mass is 10.2. The van der Waals surface area contributed by atoms with Gasteiger partial charge in [0.15, 0.2) is 0 Å². The molecule has 0 radical (unpaired) electrons. The van der Waals surface area contributed by atoms with Gasteiger partial charge in [0.05, 0.1) is 17.9 Å². The minimum Gasteiger partial charge on any atom is -0.333 e. The molecule has 0 saturated carbocycles. The maximum atomic E-state index is 12.4. The Morgan fingerprint density at radius 2 is 1.69 bits per heavy atom. The highest BCUT2D eigenvalue weighted by Gasteiger charge is 2.11. The van der Waals surface area contributed by atoms with Gasteiger partial charge in [-0.05, 0) is 41.8 Å². The lowest BCUT2D eigenvalue weighted by Crippen LogP contribution is -2.28. The minimum atomic E-state index is -0.345. The van der Waals surface area contributed by atoms with Gasteiger partial charge in [0.25, 0.3) is 5.91 Å². The minimum absolute atomic E-state index is 0.305. The monoisotopic (exact) mass is 385 g/mol. The Morgan fingerprint density at radius 1 is 0.923 bits per heavy atom. The van der Waals surface area contributed by atoms with Crippen molar-refractivity contribution in [2.75, 3.05) is 10.6 Å². The largest absolute Gasteiger partial charge is 0.333 e. The number of nitrogens with one attached hydrogen (secondary N) is 3. The SMILES string of the molecule is O=C(NCc1cccs1)Nc1ccccc1NC(=O)c1cccc(Cl)c1. The molecule has 1 aromatic heterocycles. The van der Waals surface area contributed by atoms with Crippen molar-refractivity contribution in [3.8, 4) is 0 Å². The van der Waals surface area contributed by atoms with Crippen LogP contribution >= 0.6 is 22.9 Å². The summed E-state index contributed by atoms with van der Waals surface area (Å²) in [6.45, 7) is 0.445. The van der Waals surface area contributed by atoms with Gasteiger partial charge in [0, 0.05) is 15.5 Å². The number of anilines is 2. The number of carbonyl (C=O) groups excluding carboxylic acids is 2. The molecule has 132 valence electrons. The van der Waals surface area contributed by atoms with Crippen molar-refractivity contribution in [2.45, 2.75) is 6.54 Å². The van der Waals surface area contributed by atoms with E-state index in [9.17, 15) is 9.59 Å². The van der Waals surface area contributed by atoms with Gasteiger partial charge in [-0.2, -0.15) is 0 Å². The van der Waals surface area contributed by atoms with Crippen molar-refractivity contribution in [3.63, 3.8) is 0 Å². The summed E-state index contributed by atoms with van der Waals surface area (Å²) in [4.78, 5) is 25.6. The Bertz CT molecular complexity index is 913. The molecule has 3 aromatic rings. The number of urea groups is 1. The third-order valence-electron chi connectivity index (χ3n) is 3.51. The van der Waals surface area contributed by atoms with Crippen LogP contribution in [0.2, 0.25) is 5.02 Å². The van der Waals surface area contributed by atoms with Gasteiger partial charge in [-0.3, -0.25) is 4.79 Å². The van der Waals surface area contributed by atoms with Crippen molar-refractivity contribution in [1.29, 1.82) is 0 Å². The van der Waals surface area contributed by atoms with Gasteiger partial charge in [-0.25, -0.2) is 4.79 Å². The molecule has 3 amide bonds. The molecule has 0 aliphatic heterocycles. The zero-order chi connectivity index (χ0) is 18.4. The van der Waals surface area contributed by atoms with Crippen molar-refractivity contribution in [3.05, 3.63) is 81.5 Å². The van der Waals surface area contributed by atoms with Crippen LogP contribution in [-0.4, -0.2) is 11.9 Å². The number of rotatable bonds is 5. The number of para-hydroxylation sites is 2. The second-order valence-corrected chi connectivity index (χ2v) is 6.87. The molecular weight excluding hydrogens is 370 g/mol. The van der Waals surface area contributed by atoms with E-state index in [0.29, 0.717) is 28.5 Å². The summed E-state index contributed by atoms with van der Waals surface area (Å²) in [6, 6.07) is 17.2. The number of hydrogen-bond donors (Lipinski definition) is 3. The van der Waals surface area contributed by atoms with Crippen molar-refractivity contribution in [1.82, 2.24) is 5.32 Å². The van der Waals surface area contributed by atoms with E-state index in [4.69, 9.17) is 11.6 Å². The molecule has 5 nitrogen and oxygen atoms in total. The normalized spacial score (nSPS) is 10.2. The summed E-state index contributed by atoms with van der Waals surface area (Å²) >= 11 is 7.50. The van der Waals surface area contributed by atoms with E-state index in [1.165, 1.54) is 0 Å². The first kappa shape index (κ1) is 18.0. The van der Waals surface area contributed by atoms with Crippen molar-refractivity contribution in [2.24, 2.45) is 0 Å². The number of halogens is 1. The smallest absolute Gasteiger partial charge is 0.319 e. The third kappa shape index (κ3) is 4.84. The van der Waals surface area contributed by atoms with Gasteiger partial charge < -0.3 is 16.0 Å². The predicted molar refractivity (Wildman–Crippen MR) is 106 cm³/mol. The Hall–Kier alpha value is -2.83. The fraction of sp³-hybridized carbons (Fsp3) is 0.0526. The van der Waals surface area contributed by atoms with Gasteiger partial charge in [0.2, 0.25) is 0 Å². The fourth-order valence-electron chi connectivity index (χ4n) is 2.27. The Kier molecular flexibility index (Phi) is 5.88. The number of amides is 3. The lowest BCUT2D eigenvalue weighted by Gasteiger charge is -2.13. The molecule has 0 bridgehead atoms. The summed E-state index contributed by atoms with van der Waals surface area (Å²) in [7, 11) is 0. The molecule has 0 atom stereocenters. The quantitative estimate of drug-likeness (QED) is 0.580. The molecule has 0 saturated heterocycles.